The molecule has 0 heterocycles. The predicted octanol–water partition coefficient (Wildman–Crippen LogP) is 4.81. The maximum atomic E-state index is 17.4. The fourth-order valence-electron chi connectivity index (χ4n) is 8.42. The number of carbonyl (C=O) groups is 4. The van der Waals surface area contributed by atoms with Gasteiger partial charge in [0.25, 0.3) is 0 Å². The number of aliphatic hydroxyl groups excluding tert-OH is 1. The van der Waals surface area contributed by atoms with Gasteiger partial charge in [-0.3, -0.25) is 14.4 Å². The molecule has 3 N–H and O–H groups in total. The third kappa shape index (κ3) is 5.65. The number of halogens is 1. The van der Waals surface area contributed by atoms with Crippen LogP contribution in [0.5, 0.6) is 0 Å². The van der Waals surface area contributed by atoms with Crippen LogP contribution in [0, 0.1) is 28.6 Å². The molecule has 0 aromatic heterocycles. The first-order chi connectivity index (χ1) is 19.8. The first-order valence-corrected chi connectivity index (χ1v) is 17.4. The van der Waals surface area contributed by atoms with Crippen molar-refractivity contribution in [3.05, 3.63) is 23.8 Å². The second kappa shape index (κ2) is 11.9. The number of alkyl halides is 1. The number of Topliss-reactive ketones (excluding diaryl/α,β-unsaturated/α-hetero) is 1. The molecule has 0 radical (unpaired) electrons. The molecule has 0 aromatic rings. The van der Waals surface area contributed by atoms with Crippen LogP contribution in [0.15, 0.2) is 23.8 Å². The second-order valence-corrected chi connectivity index (χ2v) is 16.1. The lowest BCUT2D eigenvalue weighted by Gasteiger charge is -2.62. The number of carbonyl (C=O) groups excluding carboxylic acids is 4. The smallest absolute Gasteiger partial charge is 0.408 e. The van der Waals surface area contributed by atoms with Crippen molar-refractivity contribution in [3.63, 3.8) is 0 Å². The molecule has 3 fully saturated rings. The second-order valence-electron chi connectivity index (χ2n) is 14.2. The number of ether oxygens (including phenoxy) is 1. The largest absolute Gasteiger partial charge is 0.444 e. The van der Waals surface area contributed by atoms with Gasteiger partial charge in [-0.1, -0.05) is 37.3 Å². The van der Waals surface area contributed by atoms with Crippen LogP contribution >= 0.6 is 23.5 Å². The fourth-order valence-corrected chi connectivity index (χ4v) is 9.77. The SMILES string of the molecule is CSCCC(NC(=O)OC(C)(C)C)C(=O)SCC(=O)[C@@]1(O)[C@@H](C)C[C@H]2[C@@H]3CCC4=CC(=O)C=C[C@]4(C)C3(F)[C@@H](O)C[C@@]21C. The van der Waals surface area contributed by atoms with Crippen molar-refractivity contribution in [1.82, 2.24) is 5.32 Å². The Hall–Kier alpha value is -1.69. The minimum Gasteiger partial charge on any atom is -0.444 e. The number of fused-ring (bicyclic) bond motifs is 5. The van der Waals surface area contributed by atoms with Gasteiger partial charge >= 0.3 is 6.09 Å². The number of hydrogen-bond acceptors (Lipinski definition) is 9. The van der Waals surface area contributed by atoms with Crippen LogP contribution in [0.25, 0.3) is 0 Å². The van der Waals surface area contributed by atoms with Crippen molar-refractivity contribution in [2.45, 2.75) is 103 Å². The molecule has 9 atom stereocenters. The zero-order chi connectivity index (χ0) is 32.2. The van der Waals surface area contributed by atoms with Crippen molar-refractivity contribution in [3.8, 4) is 0 Å². The van der Waals surface area contributed by atoms with Gasteiger partial charge in [-0.05, 0) is 95.8 Å². The van der Waals surface area contributed by atoms with E-state index in [1.54, 1.807) is 47.6 Å². The van der Waals surface area contributed by atoms with Crippen molar-refractivity contribution in [1.29, 1.82) is 0 Å². The van der Waals surface area contributed by atoms with Gasteiger partial charge in [-0.15, -0.1) is 0 Å². The van der Waals surface area contributed by atoms with E-state index in [-0.39, 0.29) is 18.0 Å². The van der Waals surface area contributed by atoms with E-state index in [0.717, 1.165) is 11.8 Å². The van der Waals surface area contributed by atoms with E-state index in [0.29, 0.717) is 37.0 Å². The Kier molecular flexibility index (Phi) is 9.47. The van der Waals surface area contributed by atoms with Gasteiger partial charge in [0.2, 0.25) is 5.12 Å². The Bertz CT molecular complexity index is 1230. The molecule has 3 saturated carbocycles. The molecule has 8 nitrogen and oxygen atoms in total. The molecular formula is C32H46FNO7S2. The molecule has 0 saturated heterocycles. The quantitative estimate of drug-likeness (QED) is 0.343. The van der Waals surface area contributed by atoms with Gasteiger partial charge in [0.05, 0.1) is 11.9 Å². The number of amides is 1. The average Bonchev–Trinajstić information content (AvgIpc) is 3.11. The highest BCUT2D eigenvalue weighted by Crippen LogP contribution is 2.70. The topological polar surface area (TPSA) is 130 Å². The van der Waals surface area contributed by atoms with Crippen molar-refractivity contribution < 1.29 is 38.5 Å². The highest BCUT2D eigenvalue weighted by molar-refractivity contribution is 8.14. The van der Waals surface area contributed by atoms with Crippen LogP contribution in [0.3, 0.4) is 0 Å². The molecule has 11 heteroatoms. The Morgan fingerprint density at radius 3 is 2.53 bits per heavy atom. The number of rotatable bonds is 8. The maximum absolute atomic E-state index is 17.4. The third-order valence-corrected chi connectivity index (χ3v) is 12.2. The lowest BCUT2D eigenvalue weighted by atomic mass is 9.44. The van der Waals surface area contributed by atoms with Crippen LogP contribution in [-0.2, 0) is 19.1 Å². The monoisotopic (exact) mass is 639 g/mol. The van der Waals surface area contributed by atoms with Crippen LogP contribution in [0.2, 0.25) is 0 Å². The van der Waals surface area contributed by atoms with Gasteiger partial charge in [0, 0.05) is 16.7 Å². The number of hydrogen-bond donors (Lipinski definition) is 3. The lowest BCUT2D eigenvalue weighted by molar-refractivity contribution is -0.218. The minimum absolute atomic E-state index is 0.128. The molecule has 1 amide bonds. The molecule has 0 spiro atoms. The van der Waals surface area contributed by atoms with Crippen LogP contribution in [0.1, 0.15) is 73.6 Å². The normalized spacial score (nSPS) is 39.2. The number of allylic oxidation sites excluding steroid dienone is 4. The van der Waals surface area contributed by atoms with E-state index in [4.69, 9.17) is 4.74 Å². The first kappa shape index (κ1) is 34.2. The zero-order valence-electron chi connectivity index (χ0n) is 26.2. The number of ketones is 2. The summed E-state index contributed by atoms with van der Waals surface area (Å²) >= 11 is 2.27. The summed E-state index contributed by atoms with van der Waals surface area (Å²) < 4.78 is 22.7. The molecular weight excluding hydrogens is 593 g/mol. The van der Waals surface area contributed by atoms with E-state index in [1.165, 1.54) is 23.9 Å². The zero-order valence-corrected chi connectivity index (χ0v) is 27.8. The third-order valence-electron chi connectivity index (χ3n) is 10.6. The van der Waals surface area contributed by atoms with Gasteiger partial charge in [-0.2, -0.15) is 11.8 Å². The van der Waals surface area contributed by atoms with Crippen LogP contribution < -0.4 is 5.32 Å². The van der Waals surface area contributed by atoms with Crippen molar-refractivity contribution in [2.24, 2.45) is 28.6 Å². The molecule has 4 rings (SSSR count). The molecule has 43 heavy (non-hydrogen) atoms. The molecule has 0 aliphatic heterocycles. The summed E-state index contributed by atoms with van der Waals surface area (Å²) in [5.74, 6) is -1.99. The van der Waals surface area contributed by atoms with E-state index in [2.05, 4.69) is 5.32 Å². The van der Waals surface area contributed by atoms with Crippen LogP contribution in [-0.4, -0.2) is 79.8 Å². The fraction of sp³-hybridized carbons (Fsp3) is 0.750. The Balaban J connectivity index is 1.54. The summed E-state index contributed by atoms with van der Waals surface area (Å²) in [6.07, 6.45) is 5.63. The highest BCUT2D eigenvalue weighted by atomic mass is 32.2. The van der Waals surface area contributed by atoms with Gasteiger partial charge in [0.15, 0.2) is 17.2 Å². The maximum Gasteiger partial charge on any atom is 0.408 e. The summed E-state index contributed by atoms with van der Waals surface area (Å²) in [6, 6.07) is -0.872. The molecule has 4 aliphatic rings. The average molecular weight is 640 g/mol. The Morgan fingerprint density at radius 2 is 1.91 bits per heavy atom. The minimum atomic E-state index is -2.06. The number of aliphatic hydroxyl groups is 2. The number of thioether (sulfide) groups is 2. The lowest BCUT2D eigenvalue weighted by Crippen LogP contribution is -2.69. The van der Waals surface area contributed by atoms with Crippen molar-refractivity contribution >= 4 is 46.3 Å². The molecule has 2 unspecified atom stereocenters. The Labute approximate surface area is 262 Å². The van der Waals surface area contributed by atoms with Gasteiger partial charge in [0.1, 0.15) is 17.2 Å². The van der Waals surface area contributed by atoms with Crippen molar-refractivity contribution in [2.75, 3.05) is 17.8 Å². The van der Waals surface area contributed by atoms with Gasteiger partial charge in [-0.25, -0.2) is 9.18 Å². The number of alkyl carbamates (subject to hydrolysis) is 1. The van der Waals surface area contributed by atoms with Gasteiger partial charge < -0.3 is 20.3 Å². The standard InChI is InChI=1S/C32H46FNO7S2/c1-18-14-22-21-9-8-19-15-20(35)10-12-29(19,5)31(21,33)24(36)16-30(22,6)32(18,40)25(37)17-43-26(38)23(11-13-42-7)34-27(39)41-28(2,3)4/h10,12,15,18,21-24,36,40H,8-9,11,13-14,16-17H2,1-7H3,(H,34,39)/t18-,21-,22-,23?,24-,29-,30-,31?,32-/m0/s1. The summed E-state index contributed by atoms with van der Waals surface area (Å²) in [5, 5.41) is 25.9. The predicted molar refractivity (Wildman–Crippen MR) is 166 cm³/mol. The molecule has 0 bridgehead atoms. The van der Waals surface area contributed by atoms with E-state index in [9.17, 15) is 29.4 Å². The summed E-state index contributed by atoms with van der Waals surface area (Å²) in [6.45, 7) is 10.5. The molecule has 240 valence electrons. The van der Waals surface area contributed by atoms with E-state index in [1.807, 2.05) is 6.26 Å². The Morgan fingerprint density at radius 1 is 1.23 bits per heavy atom. The molecule has 4 aliphatic carbocycles. The van der Waals surface area contributed by atoms with E-state index < -0.39 is 74.6 Å². The summed E-state index contributed by atoms with van der Waals surface area (Å²) in [5.41, 5.74) is -6.29. The summed E-state index contributed by atoms with van der Waals surface area (Å²) in [7, 11) is 0. The molecule has 0 aromatic carbocycles. The highest BCUT2D eigenvalue weighted by Gasteiger charge is 2.75. The van der Waals surface area contributed by atoms with Crippen LogP contribution in [0.4, 0.5) is 9.18 Å². The summed E-state index contributed by atoms with van der Waals surface area (Å²) in [4.78, 5) is 51.6. The van der Waals surface area contributed by atoms with E-state index >= 15 is 4.39 Å². The number of nitrogens with one attached hydrogen (secondary N) is 1. The first-order valence-electron chi connectivity index (χ1n) is 15.1.